The number of carbonyl (C=O) groups excluding carboxylic acids is 1. The van der Waals surface area contributed by atoms with Gasteiger partial charge in [0.05, 0.1) is 12.1 Å². The van der Waals surface area contributed by atoms with Gasteiger partial charge in [0.1, 0.15) is 5.69 Å². The Morgan fingerprint density at radius 1 is 1.19 bits per heavy atom. The highest BCUT2D eigenvalue weighted by atomic mass is 16.4. The zero-order chi connectivity index (χ0) is 18.7. The zero-order valence-electron chi connectivity index (χ0n) is 15.5. The summed E-state index contributed by atoms with van der Waals surface area (Å²) in [5, 5.41) is 14.9. The van der Waals surface area contributed by atoms with Gasteiger partial charge in [0.2, 0.25) is 5.89 Å². The van der Waals surface area contributed by atoms with E-state index in [9.17, 15) is 4.79 Å². The van der Waals surface area contributed by atoms with Crippen molar-refractivity contribution in [2.24, 2.45) is 0 Å². The van der Waals surface area contributed by atoms with Crippen LogP contribution in [0.15, 0.2) is 34.7 Å². The number of aryl methyl sites for hydroxylation is 2. The third-order valence-electron chi connectivity index (χ3n) is 4.05. The van der Waals surface area contributed by atoms with Gasteiger partial charge in [-0.15, -0.1) is 5.10 Å². The highest BCUT2D eigenvalue weighted by Crippen LogP contribution is 2.15. The average molecular weight is 353 g/mol. The third-order valence-corrected chi connectivity index (χ3v) is 4.05. The van der Waals surface area contributed by atoms with Crippen molar-refractivity contribution in [2.45, 2.75) is 46.6 Å². The maximum absolute atomic E-state index is 12.5. The first kappa shape index (κ1) is 17.8. The molecule has 2 heterocycles. The van der Waals surface area contributed by atoms with Crippen molar-refractivity contribution in [2.75, 3.05) is 5.32 Å². The monoisotopic (exact) mass is 353 g/mol. The fourth-order valence-corrected chi connectivity index (χ4v) is 2.68. The van der Waals surface area contributed by atoms with E-state index in [1.165, 1.54) is 5.56 Å². The van der Waals surface area contributed by atoms with Gasteiger partial charge in [-0.1, -0.05) is 36.3 Å². The SMILES string of the molecule is CCc1ccc(Cc2nnc(NC(=O)c3cc(C)nn3C(C)C)o2)cc1. The van der Waals surface area contributed by atoms with Crippen LogP contribution < -0.4 is 5.32 Å². The van der Waals surface area contributed by atoms with E-state index in [2.05, 4.69) is 39.7 Å². The number of carbonyl (C=O) groups is 1. The van der Waals surface area contributed by atoms with Crippen molar-refractivity contribution >= 4 is 11.9 Å². The number of amides is 1. The Balaban J connectivity index is 1.69. The zero-order valence-corrected chi connectivity index (χ0v) is 15.5. The number of anilines is 1. The molecule has 7 nitrogen and oxygen atoms in total. The molecule has 0 saturated carbocycles. The molecule has 0 fully saturated rings. The first-order valence-corrected chi connectivity index (χ1v) is 8.74. The predicted molar refractivity (Wildman–Crippen MR) is 98.2 cm³/mol. The number of aromatic nitrogens is 4. The van der Waals surface area contributed by atoms with Crippen LogP contribution in [-0.2, 0) is 12.8 Å². The largest absolute Gasteiger partial charge is 0.407 e. The van der Waals surface area contributed by atoms with E-state index in [1.54, 1.807) is 10.7 Å². The van der Waals surface area contributed by atoms with E-state index in [1.807, 2.05) is 32.9 Å². The summed E-state index contributed by atoms with van der Waals surface area (Å²) in [7, 11) is 0. The van der Waals surface area contributed by atoms with E-state index < -0.39 is 0 Å². The topological polar surface area (TPSA) is 85.8 Å². The lowest BCUT2D eigenvalue weighted by Gasteiger charge is -2.09. The van der Waals surface area contributed by atoms with Gasteiger partial charge in [0.15, 0.2) is 0 Å². The number of hydrogen-bond donors (Lipinski definition) is 1. The molecule has 3 aromatic rings. The maximum Gasteiger partial charge on any atom is 0.322 e. The Morgan fingerprint density at radius 2 is 1.88 bits per heavy atom. The molecule has 0 atom stereocenters. The molecule has 136 valence electrons. The lowest BCUT2D eigenvalue weighted by molar-refractivity contribution is 0.101. The molecule has 3 rings (SSSR count). The molecule has 1 aromatic carbocycles. The lowest BCUT2D eigenvalue weighted by atomic mass is 10.1. The van der Waals surface area contributed by atoms with Gasteiger partial charge in [-0.05, 0) is 44.4 Å². The summed E-state index contributed by atoms with van der Waals surface area (Å²) in [6, 6.07) is 10.2. The second-order valence-electron chi connectivity index (χ2n) is 6.51. The summed E-state index contributed by atoms with van der Waals surface area (Å²) < 4.78 is 7.24. The molecule has 0 saturated heterocycles. The van der Waals surface area contributed by atoms with Crippen LogP contribution in [0, 0.1) is 6.92 Å². The summed E-state index contributed by atoms with van der Waals surface area (Å²) in [5.41, 5.74) is 3.61. The smallest absolute Gasteiger partial charge is 0.322 e. The lowest BCUT2D eigenvalue weighted by Crippen LogP contribution is -2.19. The average Bonchev–Trinajstić information content (AvgIpc) is 3.22. The Bertz CT molecular complexity index is 893. The Hall–Kier alpha value is -2.96. The van der Waals surface area contributed by atoms with Crippen molar-refractivity contribution < 1.29 is 9.21 Å². The molecule has 0 aliphatic heterocycles. The summed E-state index contributed by atoms with van der Waals surface area (Å²) in [4.78, 5) is 12.5. The molecule has 26 heavy (non-hydrogen) atoms. The standard InChI is InChI=1S/C19H23N5O2/c1-5-14-6-8-15(9-7-14)11-17-21-22-19(26-17)20-18(25)16-10-13(4)23-24(16)12(2)3/h6-10,12H,5,11H2,1-4H3,(H,20,22,25). The van der Waals surface area contributed by atoms with Crippen LogP contribution in [-0.4, -0.2) is 25.9 Å². The van der Waals surface area contributed by atoms with Crippen molar-refractivity contribution in [3.63, 3.8) is 0 Å². The molecule has 0 aliphatic carbocycles. The maximum atomic E-state index is 12.5. The second kappa shape index (κ2) is 7.51. The Kier molecular flexibility index (Phi) is 5.16. The normalized spacial score (nSPS) is 11.1. The van der Waals surface area contributed by atoms with Crippen molar-refractivity contribution in [1.82, 2.24) is 20.0 Å². The molecule has 0 unspecified atom stereocenters. The number of rotatable bonds is 6. The van der Waals surface area contributed by atoms with Crippen LogP contribution in [0.25, 0.3) is 0 Å². The number of nitrogens with one attached hydrogen (secondary N) is 1. The first-order chi connectivity index (χ1) is 12.5. The molecule has 0 aliphatic rings. The van der Waals surface area contributed by atoms with E-state index in [0.717, 1.165) is 17.7 Å². The second-order valence-corrected chi connectivity index (χ2v) is 6.51. The molecular weight excluding hydrogens is 330 g/mol. The Labute approximate surface area is 152 Å². The van der Waals surface area contributed by atoms with Crippen LogP contribution in [0.4, 0.5) is 6.01 Å². The molecule has 1 amide bonds. The van der Waals surface area contributed by atoms with Crippen molar-refractivity contribution in [1.29, 1.82) is 0 Å². The highest BCUT2D eigenvalue weighted by molar-refractivity contribution is 6.01. The summed E-state index contributed by atoms with van der Waals surface area (Å²) >= 11 is 0. The number of nitrogens with zero attached hydrogens (tertiary/aromatic N) is 4. The summed E-state index contributed by atoms with van der Waals surface area (Å²) in [6.07, 6.45) is 1.53. The van der Waals surface area contributed by atoms with Crippen LogP contribution in [0.5, 0.6) is 0 Å². The van der Waals surface area contributed by atoms with Gasteiger partial charge in [-0.25, -0.2) is 0 Å². The van der Waals surface area contributed by atoms with E-state index in [4.69, 9.17) is 4.42 Å². The number of hydrogen-bond acceptors (Lipinski definition) is 5. The molecule has 0 bridgehead atoms. The van der Waals surface area contributed by atoms with Gasteiger partial charge in [0, 0.05) is 6.04 Å². The van der Waals surface area contributed by atoms with Crippen molar-refractivity contribution in [3.05, 3.63) is 58.7 Å². The minimum Gasteiger partial charge on any atom is -0.407 e. The first-order valence-electron chi connectivity index (χ1n) is 8.74. The highest BCUT2D eigenvalue weighted by Gasteiger charge is 2.18. The van der Waals surface area contributed by atoms with Crippen LogP contribution in [0.2, 0.25) is 0 Å². The van der Waals surface area contributed by atoms with Gasteiger partial charge in [-0.2, -0.15) is 5.10 Å². The minimum atomic E-state index is -0.318. The molecule has 0 radical (unpaired) electrons. The fourth-order valence-electron chi connectivity index (χ4n) is 2.68. The summed E-state index contributed by atoms with van der Waals surface area (Å²) in [5.74, 6) is 0.139. The molecule has 2 aromatic heterocycles. The molecule has 1 N–H and O–H groups in total. The van der Waals surface area contributed by atoms with Gasteiger partial charge in [-0.3, -0.25) is 14.8 Å². The van der Waals surface area contributed by atoms with Crippen molar-refractivity contribution in [3.8, 4) is 0 Å². The van der Waals surface area contributed by atoms with E-state index in [-0.39, 0.29) is 18.0 Å². The van der Waals surface area contributed by atoms with Gasteiger partial charge >= 0.3 is 6.01 Å². The number of benzene rings is 1. The summed E-state index contributed by atoms with van der Waals surface area (Å²) in [6.45, 7) is 7.91. The van der Waals surface area contributed by atoms with Gasteiger partial charge in [0.25, 0.3) is 5.91 Å². The van der Waals surface area contributed by atoms with E-state index in [0.29, 0.717) is 18.0 Å². The van der Waals surface area contributed by atoms with Crippen LogP contribution in [0.1, 0.15) is 60.0 Å². The quantitative estimate of drug-likeness (QED) is 0.732. The Morgan fingerprint density at radius 3 is 2.54 bits per heavy atom. The predicted octanol–water partition coefficient (Wildman–Crippen LogP) is 3.56. The van der Waals surface area contributed by atoms with Gasteiger partial charge < -0.3 is 4.42 Å². The molecular formula is C19H23N5O2. The minimum absolute atomic E-state index is 0.0776. The third kappa shape index (κ3) is 3.99. The van der Waals surface area contributed by atoms with Crippen LogP contribution >= 0.6 is 0 Å². The van der Waals surface area contributed by atoms with Crippen LogP contribution in [0.3, 0.4) is 0 Å². The van der Waals surface area contributed by atoms with E-state index >= 15 is 0 Å². The fraction of sp³-hybridized carbons (Fsp3) is 0.368. The molecule has 7 heteroatoms. The molecule has 0 spiro atoms.